The molecule has 0 aliphatic carbocycles. The van der Waals surface area contributed by atoms with Gasteiger partial charge in [-0.15, -0.1) is 5.10 Å². The van der Waals surface area contributed by atoms with Crippen LogP contribution in [0.15, 0.2) is 153 Å². The van der Waals surface area contributed by atoms with E-state index in [0.717, 1.165) is 51.2 Å². The number of nitrogens with zero attached hydrogens (tertiary/aromatic N) is 6. The predicted octanol–water partition coefficient (Wildman–Crippen LogP) is 9.30. The van der Waals surface area contributed by atoms with Crippen LogP contribution in [0.25, 0.3) is 22.5 Å². The van der Waals surface area contributed by atoms with Gasteiger partial charge in [0.25, 0.3) is 0 Å². The van der Waals surface area contributed by atoms with Crippen LogP contribution in [-0.4, -0.2) is 47.4 Å². The zero-order valence-electron chi connectivity index (χ0n) is 35.8. The molecule has 0 saturated carbocycles. The molecule has 3 aromatic heterocycles. The van der Waals surface area contributed by atoms with Crippen molar-refractivity contribution in [1.82, 2.24) is 29.8 Å². The van der Waals surface area contributed by atoms with E-state index in [9.17, 15) is 14.7 Å². The number of hydrogen-bond donors (Lipinski definition) is 1. The molecule has 62 heavy (non-hydrogen) atoms. The van der Waals surface area contributed by atoms with Crippen LogP contribution < -0.4 is 5.82 Å². The third-order valence-electron chi connectivity index (χ3n) is 10.7. The highest BCUT2D eigenvalue weighted by Gasteiger charge is 2.42. The third kappa shape index (κ3) is 8.68. The van der Waals surface area contributed by atoms with E-state index in [1.165, 1.54) is 0 Å². The van der Waals surface area contributed by atoms with Gasteiger partial charge in [-0.25, -0.2) is 19.3 Å². The first-order valence-corrected chi connectivity index (χ1v) is 20.7. The van der Waals surface area contributed by atoms with E-state index in [1.807, 2.05) is 76.0 Å². The molecule has 12 nitrogen and oxygen atoms in total. The number of ether oxygens (including phenoxy) is 1. The number of aliphatic hydroxyl groups is 1. The van der Waals surface area contributed by atoms with E-state index in [4.69, 9.17) is 20.0 Å². The van der Waals surface area contributed by atoms with Gasteiger partial charge in [-0.05, 0) is 84.8 Å². The van der Waals surface area contributed by atoms with Crippen LogP contribution in [0, 0.1) is 13.8 Å². The van der Waals surface area contributed by atoms with Crippen LogP contribution in [0.2, 0.25) is 0 Å². The molecule has 0 aliphatic heterocycles. The topological polar surface area (TPSA) is 151 Å². The van der Waals surface area contributed by atoms with E-state index < -0.39 is 22.9 Å². The second-order valence-corrected chi connectivity index (χ2v) is 15.4. The fraction of sp³-hybridized carbons (Fsp3) is 0.240. The van der Waals surface area contributed by atoms with Gasteiger partial charge in [0.1, 0.15) is 34.2 Å². The van der Waals surface area contributed by atoms with Gasteiger partial charge in [0.2, 0.25) is 0 Å². The van der Waals surface area contributed by atoms with Crippen molar-refractivity contribution in [3.63, 3.8) is 0 Å². The van der Waals surface area contributed by atoms with Crippen LogP contribution >= 0.6 is 0 Å². The highest BCUT2D eigenvalue weighted by Crippen LogP contribution is 2.43. The molecule has 3 heterocycles. The molecule has 316 valence electrons. The minimum absolute atomic E-state index is 0.221. The molecule has 1 N–H and O–H groups in total. The van der Waals surface area contributed by atoms with Crippen molar-refractivity contribution in [3.8, 4) is 22.5 Å². The van der Waals surface area contributed by atoms with Gasteiger partial charge in [0.05, 0.1) is 6.61 Å². The summed E-state index contributed by atoms with van der Waals surface area (Å²) in [7, 11) is 0. The van der Waals surface area contributed by atoms with Gasteiger partial charge < -0.3 is 23.2 Å². The molecule has 0 amide bonds. The Morgan fingerprint density at radius 2 is 1.24 bits per heavy atom. The molecule has 8 aromatic rings. The van der Waals surface area contributed by atoms with Crippen molar-refractivity contribution < 1.29 is 23.5 Å². The Balaban J connectivity index is 0.000000650. The lowest BCUT2D eigenvalue weighted by molar-refractivity contribution is 0.0469. The number of rotatable bonds is 13. The standard InChI is InChI=1S/C45H44N6O3.C5H6O3/c1-5-18-39-46-41(44(3,4)53)40(43(52)54-6-2)50(39)31-32-27-29-33(30-28-32)37-25-16-17-26-38(37)42-47-48-49-51(42)45(34-19-10-7-11-20-34,35-21-12-8-13-22-35)36-23-14-9-15-24-36;1-3-4(2)8-5(6)7-3/h7-17,19-30,53H,5-6,18,31H2,1-4H3;1-2H3. The Hall–Kier alpha value is -7.18. The van der Waals surface area contributed by atoms with Crippen LogP contribution in [0.4, 0.5) is 0 Å². The second-order valence-electron chi connectivity index (χ2n) is 15.4. The Morgan fingerprint density at radius 1 is 0.726 bits per heavy atom. The minimum Gasteiger partial charge on any atom is -0.461 e. The Bertz CT molecular complexity index is 2660. The number of imidazole rings is 1. The summed E-state index contributed by atoms with van der Waals surface area (Å²) in [4.78, 5) is 28.2. The minimum atomic E-state index is -1.32. The maximum Gasteiger partial charge on any atom is 0.518 e. The Kier molecular flexibility index (Phi) is 12.9. The van der Waals surface area contributed by atoms with Gasteiger partial charge in [-0.3, -0.25) is 0 Å². The van der Waals surface area contributed by atoms with Gasteiger partial charge in [0.15, 0.2) is 11.5 Å². The van der Waals surface area contributed by atoms with Gasteiger partial charge in [-0.2, -0.15) is 0 Å². The Labute approximate surface area is 360 Å². The van der Waals surface area contributed by atoms with Crippen LogP contribution in [0.5, 0.6) is 0 Å². The molecule has 0 saturated heterocycles. The van der Waals surface area contributed by atoms with Crippen molar-refractivity contribution in [2.75, 3.05) is 6.61 Å². The highest BCUT2D eigenvalue weighted by atomic mass is 16.6. The average molecular weight is 831 g/mol. The molecule has 0 unspecified atom stereocenters. The SMILES string of the molecule is CCCc1nc(C(C)(C)O)c(C(=O)OCC)n1Cc1ccc(-c2ccccc2-c2nnnn2C(c2ccccc2)(c2ccccc2)c2ccccc2)cc1.Cc1oc(=O)oc1C. The van der Waals surface area contributed by atoms with E-state index in [1.54, 1.807) is 34.6 Å². The van der Waals surface area contributed by atoms with Crippen molar-refractivity contribution in [2.24, 2.45) is 0 Å². The van der Waals surface area contributed by atoms with Gasteiger partial charge >= 0.3 is 11.8 Å². The summed E-state index contributed by atoms with van der Waals surface area (Å²) in [5, 5.41) is 24.8. The van der Waals surface area contributed by atoms with Crippen molar-refractivity contribution in [1.29, 1.82) is 0 Å². The summed E-state index contributed by atoms with van der Waals surface area (Å²) in [5.41, 5.74) is 5.26. The molecular formula is C50H50N6O6. The number of aryl methyl sites for hydroxylation is 3. The fourth-order valence-corrected chi connectivity index (χ4v) is 7.72. The second kappa shape index (κ2) is 18.6. The molecule has 0 atom stereocenters. The normalized spacial score (nSPS) is 11.5. The van der Waals surface area contributed by atoms with Gasteiger partial charge in [-0.1, -0.05) is 146 Å². The molecular weight excluding hydrogens is 781 g/mol. The molecule has 5 aromatic carbocycles. The summed E-state index contributed by atoms with van der Waals surface area (Å²) in [5.74, 6) is 1.33. The lowest BCUT2D eigenvalue weighted by atomic mass is 9.77. The zero-order valence-corrected chi connectivity index (χ0v) is 35.8. The van der Waals surface area contributed by atoms with Crippen molar-refractivity contribution in [3.05, 3.63) is 201 Å². The first-order chi connectivity index (χ1) is 30.0. The van der Waals surface area contributed by atoms with Gasteiger partial charge in [0, 0.05) is 18.5 Å². The van der Waals surface area contributed by atoms with Crippen LogP contribution in [0.1, 0.15) is 89.9 Å². The number of benzene rings is 5. The molecule has 0 radical (unpaired) electrons. The third-order valence-corrected chi connectivity index (χ3v) is 10.7. The summed E-state index contributed by atoms with van der Waals surface area (Å²) < 4.78 is 18.3. The summed E-state index contributed by atoms with van der Waals surface area (Å²) in [6, 6.07) is 47.5. The first-order valence-electron chi connectivity index (χ1n) is 20.7. The average Bonchev–Trinajstić information content (AvgIpc) is 3.99. The molecule has 0 aliphatic rings. The molecule has 8 rings (SSSR count). The van der Waals surface area contributed by atoms with E-state index in [2.05, 4.69) is 93.8 Å². The van der Waals surface area contributed by atoms with E-state index in [-0.39, 0.29) is 12.3 Å². The molecule has 0 fully saturated rings. The zero-order chi connectivity index (χ0) is 43.9. The maximum atomic E-state index is 13.3. The highest BCUT2D eigenvalue weighted by molar-refractivity contribution is 5.89. The molecule has 0 bridgehead atoms. The summed E-state index contributed by atoms with van der Waals surface area (Å²) in [6.07, 6.45) is 1.49. The monoisotopic (exact) mass is 830 g/mol. The van der Waals surface area contributed by atoms with Crippen LogP contribution in [0.3, 0.4) is 0 Å². The first kappa shape index (κ1) is 42.9. The van der Waals surface area contributed by atoms with Crippen molar-refractivity contribution in [2.45, 2.75) is 72.1 Å². The number of hydrogen-bond acceptors (Lipinski definition) is 10. The lowest BCUT2D eigenvalue weighted by Gasteiger charge is -2.36. The smallest absolute Gasteiger partial charge is 0.461 e. The number of tetrazole rings is 1. The van der Waals surface area contributed by atoms with Crippen molar-refractivity contribution >= 4 is 5.97 Å². The number of carbonyl (C=O) groups excluding carboxylic acids is 1. The number of esters is 1. The predicted molar refractivity (Wildman–Crippen MR) is 237 cm³/mol. The van der Waals surface area contributed by atoms with Crippen LogP contribution in [-0.2, 0) is 28.8 Å². The lowest BCUT2D eigenvalue weighted by Crippen LogP contribution is -2.39. The number of aromatic nitrogens is 6. The van der Waals surface area contributed by atoms with E-state index in [0.29, 0.717) is 36.0 Å². The maximum absolute atomic E-state index is 13.3. The largest absolute Gasteiger partial charge is 0.518 e. The molecule has 0 spiro atoms. The number of carbonyl (C=O) groups is 1. The fourth-order valence-electron chi connectivity index (χ4n) is 7.72. The Morgan fingerprint density at radius 3 is 1.71 bits per heavy atom. The molecule has 12 heteroatoms. The summed E-state index contributed by atoms with van der Waals surface area (Å²) in [6.45, 7) is 11.1. The van der Waals surface area contributed by atoms with E-state index >= 15 is 0 Å². The quantitative estimate of drug-likeness (QED) is 0.0880. The summed E-state index contributed by atoms with van der Waals surface area (Å²) >= 11 is 0.